The van der Waals surface area contributed by atoms with Crippen LogP contribution in [0.25, 0.3) is 0 Å². The lowest BCUT2D eigenvalue weighted by Gasteiger charge is -2.23. The molecule has 4 heteroatoms. The highest BCUT2D eigenvalue weighted by Gasteiger charge is 2.23. The van der Waals surface area contributed by atoms with Gasteiger partial charge < -0.3 is 5.32 Å². The van der Waals surface area contributed by atoms with E-state index in [0.29, 0.717) is 6.42 Å². The first-order chi connectivity index (χ1) is 6.68. The number of aromatic nitrogens is 2. The number of aryl methyl sites for hydroxylation is 2. The molecule has 0 saturated carbocycles. The summed E-state index contributed by atoms with van der Waals surface area (Å²) >= 11 is 0. The molecule has 0 radical (unpaired) electrons. The fourth-order valence-corrected chi connectivity index (χ4v) is 2.09. The standard InChI is InChI=1S/C10H15N3O/c1-6-10(7(2)13-12-6)8-4-3-5-9(14)11-8/h8H,3-5H2,1-2H3,(H,11,14)(H,12,13)/t8-/m0/s1. The van der Waals surface area contributed by atoms with E-state index in [9.17, 15) is 4.79 Å². The van der Waals surface area contributed by atoms with Gasteiger partial charge in [0, 0.05) is 17.7 Å². The van der Waals surface area contributed by atoms with Crippen molar-refractivity contribution in [3.05, 3.63) is 17.0 Å². The molecule has 1 aliphatic heterocycles. The van der Waals surface area contributed by atoms with Crippen LogP contribution in [0.4, 0.5) is 0 Å². The SMILES string of the molecule is Cc1n[nH]c(C)c1[C@@H]1CCCC(=O)N1. The van der Waals surface area contributed by atoms with Gasteiger partial charge >= 0.3 is 0 Å². The van der Waals surface area contributed by atoms with Crippen LogP contribution in [0.3, 0.4) is 0 Å². The maximum Gasteiger partial charge on any atom is 0.220 e. The Labute approximate surface area is 83.1 Å². The molecular formula is C10H15N3O. The second-order valence-electron chi connectivity index (χ2n) is 3.86. The Bertz CT molecular complexity index is 337. The molecule has 4 nitrogen and oxygen atoms in total. The van der Waals surface area contributed by atoms with E-state index >= 15 is 0 Å². The Morgan fingerprint density at radius 2 is 2.21 bits per heavy atom. The van der Waals surface area contributed by atoms with Crippen molar-refractivity contribution < 1.29 is 4.79 Å². The van der Waals surface area contributed by atoms with Gasteiger partial charge in [0.1, 0.15) is 0 Å². The molecule has 0 aliphatic carbocycles. The van der Waals surface area contributed by atoms with Crippen molar-refractivity contribution in [1.29, 1.82) is 0 Å². The number of nitrogens with zero attached hydrogens (tertiary/aromatic N) is 1. The summed E-state index contributed by atoms with van der Waals surface area (Å²) in [5.41, 5.74) is 3.22. The number of amides is 1. The molecule has 1 amide bonds. The fourth-order valence-electron chi connectivity index (χ4n) is 2.09. The van der Waals surface area contributed by atoms with E-state index in [1.54, 1.807) is 0 Å². The fraction of sp³-hybridized carbons (Fsp3) is 0.600. The number of hydrogen-bond acceptors (Lipinski definition) is 2. The summed E-state index contributed by atoms with van der Waals surface area (Å²) in [5, 5.41) is 10.1. The second-order valence-corrected chi connectivity index (χ2v) is 3.86. The molecule has 2 rings (SSSR count). The molecule has 1 saturated heterocycles. The van der Waals surface area contributed by atoms with Crippen LogP contribution in [0.2, 0.25) is 0 Å². The Balaban J connectivity index is 2.25. The van der Waals surface area contributed by atoms with Gasteiger partial charge in [-0.15, -0.1) is 0 Å². The zero-order chi connectivity index (χ0) is 10.1. The van der Waals surface area contributed by atoms with Crippen LogP contribution in [0, 0.1) is 13.8 Å². The first-order valence-electron chi connectivity index (χ1n) is 4.99. The van der Waals surface area contributed by atoms with Gasteiger partial charge in [-0.25, -0.2) is 0 Å². The largest absolute Gasteiger partial charge is 0.349 e. The molecular weight excluding hydrogens is 178 g/mol. The summed E-state index contributed by atoms with van der Waals surface area (Å²) in [6.07, 6.45) is 2.65. The zero-order valence-electron chi connectivity index (χ0n) is 8.55. The number of hydrogen-bond donors (Lipinski definition) is 2. The first-order valence-corrected chi connectivity index (χ1v) is 4.99. The molecule has 76 valence electrons. The maximum absolute atomic E-state index is 11.2. The van der Waals surface area contributed by atoms with E-state index in [0.717, 1.165) is 29.8 Å². The third-order valence-corrected chi connectivity index (χ3v) is 2.77. The lowest BCUT2D eigenvalue weighted by atomic mass is 9.96. The lowest BCUT2D eigenvalue weighted by molar-refractivity contribution is -0.123. The molecule has 0 unspecified atom stereocenters. The average molecular weight is 193 g/mol. The topological polar surface area (TPSA) is 57.8 Å². The average Bonchev–Trinajstić information content (AvgIpc) is 2.46. The Hall–Kier alpha value is -1.32. The predicted molar refractivity (Wildman–Crippen MR) is 52.8 cm³/mol. The number of carbonyl (C=O) groups excluding carboxylic acids is 1. The van der Waals surface area contributed by atoms with Gasteiger partial charge in [0.2, 0.25) is 5.91 Å². The number of rotatable bonds is 1. The molecule has 14 heavy (non-hydrogen) atoms. The van der Waals surface area contributed by atoms with E-state index in [1.165, 1.54) is 0 Å². The van der Waals surface area contributed by atoms with Crippen molar-refractivity contribution in [3.63, 3.8) is 0 Å². The molecule has 2 heterocycles. The second kappa shape index (κ2) is 3.44. The number of nitrogens with one attached hydrogen (secondary N) is 2. The minimum Gasteiger partial charge on any atom is -0.349 e. The summed E-state index contributed by atoms with van der Waals surface area (Å²) in [6.45, 7) is 3.97. The van der Waals surface area contributed by atoms with Crippen LogP contribution in [0.5, 0.6) is 0 Å². The van der Waals surface area contributed by atoms with Gasteiger partial charge in [0.15, 0.2) is 0 Å². The minimum atomic E-state index is 0.154. The summed E-state index contributed by atoms with van der Waals surface area (Å²) in [4.78, 5) is 11.2. The number of piperidine rings is 1. The van der Waals surface area contributed by atoms with Crippen LogP contribution in [-0.2, 0) is 4.79 Å². The smallest absolute Gasteiger partial charge is 0.220 e. The van der Waals surface area contributed by atoms with E-state index in [2.05, 4.69) is 15.5 Å². The molecule has 0 spiro atoms. The molecule has 1 fully saturated rings. The maximum atomic E-state index is 11.2. The Kier molecular flexibility index (Phi) is 2.27. The van der Waals surface area contributed by atoms with Crippen molar-refractivity contribution in [2.75, 3.05) is 0 Å². The van der Waals surface area contributed by atoms with Gasteiger partial charge in [0.25, 0.3) is 0 Å². The normalized spacial score (nSPS) is 22.1. The van der Waals surface area contributed by atoms with E-state index in [1.807, 2.05) is 13.8 Å². The summed E-state index contributed by atoms with van der Waals surface area (Å²) < 4.78 is 0. The quantitative estimate of drug-likeness (QED) is 0.707. The van der Waals surface area contributed by atoms with E-state index in [-0.39, 0.29) is 11.9 Å². The monoisotopic (exact) mass is 193 g/mol. The first kappa shape index (κ1) is 9.24. The molecule has 1 aromatic heterocycles. The summed E-state index contributed by atoms with van der Waals surface area (Å²) in [5.74, 6) is 0.154. The Morgan fingerprint density at radius 1 is 1.43 bits per heavy atom. The molecule has 1 atom stereocenters. The minimum absolute atomic E-state index is 0.154. The van der Waals surface area contributed by atoms with Crippen molar-refractivity contribution in [2.45, 2.75) is 39.2 Å². The summed E-state index contributed by atoms with van der Waals surface area (Å²) in [7, 11) is 0. The highest BCUT2D eigenvalue weighted by molar-refractivity contribution is 5.77. The van der Waals surface area contributed by atoms with Crippen molar-refractivity contribution in [3.8, 4) is 0 Å². The van der Waals surface area contributed by atoms with Gasteiger partial charge in [-0.2, -0.15) is 5.10 Å². The number of H-pyrrole nitrogens is 1. The van der Waals surface area contributed by atoms with Crippen LogP contribution >= 0.6 is 0 Å². The third kappa shape index (κ3) is 1.52. The number of carbonyl (C=O) groups is 1. The predicted octanol–water partition coefficient (Wildman–Crippen LogP) is 1.37. The molecule has 0 bridgehead atoms. The van der Waals surface area contributed by atoms with Gasteiger partial charge in [-0.05, 0) is 26.7 Å². The van der Waals surface area contributed by atoms with Crippen molar-refractivity contribution in [2.24, 2.45) is 0 Å². The lowest BCUT2D eigenvalue weighted by Crippen LogP contribution is -2.32. The number of aromatic amines is 1. The van der Waals surface area contributed by atoms with Crippen LogP contribution < -0.4 is 5.32 Å². The summed E-state index contributed by atoms with van der Waals surface area (Å²) in [6, 6.07) is 0.162. The molecule has 2 N–H and O–H groups in total. The molecule has 1 aliphatic rings. The van der Waals surface area contributed by atoms with Crippen LogP contribution in [0.1, 0.15) is 42.3 Å². The third-order valence-electron chi connectivity index (χ3n) is 2.77. The van der Waals surface area contributed by atoms with Crippen LogP contribution in [0.15, 0.2) is 0 Å². The van der Waals surface area contributed by atoms with E-state index < -0.39 is 0 Å². The van der Waals surface area contributed by atoms with Gasteiger partial charge in [0.05, 0.1) is 11.7 Å². The molecule has 1 aromatic rings. The van der Waals surface area contributed by atoms with Gasteiger partial charge in [-0.1, -0.05) is 0 Å². The van der Waals surface area contributed by atoms with Crippen LogP contribution in [-0.4, -0.2) is 16.1 Å². The van der Waals surface area contributed by atoms with Crippen molar-refractivity contribution >= 4 is 5.91 Å². The Morgan fingerprint density at radius 3 is 2.79 bits per heavy atom. The van der Waals surface area contributed by atoms with Crippen molar-refractivity contribution in [1.82, 2.24) is 15.5 Å². The highest BCUT2D eigenvalue weighted by atomic mass is 16.1. The van der Waals surface area contributed by atoms with Gasteiger partial charge in [-0.3, -0.25) is 9.89 Å². The highest BCUT2D eigenvalue weighted by Crippen LogP contribution is 2.26. The van der Waals surface area contributed by atoms with E-state index in [4.69, 9.17) is 0 Å². The zero-order valence-corrected chi connectivity index (χ0v) is 8.55. The molecule has 0 aromatic carbocycles.